The third kappa shape index (κ3) is 23.1. The smallest absolute Gasteiger partial charge is 0.326 e. The number of likely N-dealkylation sites (tertiary alicyclic amines) is 1. The molecule has 87 heavy (non-hydrogen) atoms. The van der Waals surface area contributed by atoms with E-state index in [-0.39, 0.29) is 76.3 Å². The number of hydrogen-bond acceptors (Lipinski definition) is 16. The summed E-state index contributed by atoms with van der Waals surface area (Å²) in [6, 6.07) is -7.42. The van der Waals surface area contributed by atoms with E-state index in [1.54, 1.807) is 72.0 Å². The number of nitrogens with two attached hydrogens (primary N) is 4. The van der Waals surface area contributed by atoms with E-state index in [0.717, 1.165) is 0 Å². The largest absolute Gasteiger partial charge is 0.481 e. The number of aromatic nitrogens is 1. The van der Waals surface area contributed by atoms with Crippen molar-refractivity contribution in [1.29, 1.82) is 0 Å². The second-order valence-electron chi connectivity index (χ2n) is 22.2. The van der Waals surface area contributed by atoms with Crippen LogP contribution in [0.3, 0.4) is 0 Å². The Labute approximate surface area is 503 Å². The number of aromatic amines is 1. The summed E-state index contributed by atoms with van der Waals surface area (Å²) in [6.07, 6.45) is 0.455. The lowest BCUT2D eigenvalue weighted by atomic mass is 9.96. The van der Waals surface area contributed by atoms with Gasteiger partial charge in [0, 0.05) is 49.5 Å². The van der Waals surface area contributed by atoms with Crippen molar-refractivity contribution >= 4 is 87.9 Å². The number of carboxylic acid groups (broad SMARTS) is 2. The van der Waals surface area contributed by atoms with Gasteiger partial charge in [0.15, 0.2) is 5.96 Å². The summed E-state index contributed by atoms with van der Waals surface area (Å²) < 4.78 is 0. The van der Waals surface area contributed by atoms with Gasteiger partial charge in [-0.15, -0.1) is 0 Å². The molecule has 1 fully saturated rings. The fraction of sp³-hybridized carbons (Fsp3) is 0.625. The molecule has 1 aliphatic heterocycles. The fourth-order valence-corrected chi connectivity index (χ4v) is 9.56. The number of guanidine groups is 1. The molecule has 0 unspecified atom stereocenters. The maximum Gasteiger partial charge on any atom is 0.326 e. The minimum absolute atomic E-state index is 0.0442. The summed E-state index contributed by atoms with van der Waals surface area (Å²) in [5.41, 5.74) is 23.2. The van der Waals surface area contributed by atoms with Gasteiger partial charge in [-0.2, -0.15) is 0 Å². The number of carboxylic acids is 2. The predicted octanol–water partition coefficient (Wildman–Crippen LogP) is -3.70. The molecule has 0 aliphatic carbocycles. The van der Waals surface area contributed by atoms with Crippen LogP contribution in [0.5, 0.6) is 0 Å². The average Bonchev–Trinajstić information content (AvgIpc) is 2.75. The molecule has 0 bridgehead atoms. The number of para-hydroxylation sites is 1. The fourth-order valence-electron chi connectivity index (χ4n) is 9.56. The molecule has 2 aromatic rings. The number of primary amides is 1. The van der Waals surface area contributed by atoms with Crippen LogP contribution in [-0.2, 0) is 64.0 Å². The summed E-state index contributed by atoms with van der Waals surface area (Å²) in [4.78, 5) is 170. The first-order valence-corrected chi connectivity index (χ1v) is 29.1. The van der Waals surface area contributed by atoms with Crippen LogP contribution in [0.1, 0.15) is 118 Å². The van der Waals surface area contributed by atoms with Crippen LogP contribution in [-0.4, -0.2) is 194 Å². The van der Waals surface area contributed by atoms with E-state index in [1.165, 1.54) is 4.90 Å². The highest BCUT2D eigenvalue weighted by Crippen LogP contribution is 2.24. The van der Waals surface area contributed by atoms with Crippen molar-refractivity contribution < 1.29 is 78.0 Å². The first-order valence-electron chi connectivity index (χ1n) is 29.1. The molecular formula is C56H89N15O16. The molecule has 21 N–H and O–H groups in total. The van der Waals surface area contributed by atoms with Gasteiger partial charge >= 0.3 is 11.9 Å². The highest BCUT2D eigenvalue weighted by molar-refractivity contribution is 5.99. The molecular weight excluding hydrogens is 1140 g/mol. The second-order valence-corrected chi connectivity index (χ2v) is 22.2. The molecule has 31 heteroatoms. The molecule has 1 saturated heterocycles. The minimum atomic E-state index is -1.78. The van der Waals surface area contributed by atoms with Crippen molar-refractivity contribution in [2.45, 2.75) is 179 Å². The van der Waals surface area contributed by atoms with Gasteiger partial charge in [0.2, 0.25) is 59.1 Å². The van der Waals surface area contributed by atoms with Gasteiger partial charge in [-0.1, -0.05) is 72.6 Å². The number of carbonyl (C=O) groups excluding carboxylic acids is 10. The Balaban J connectivity index is 1.94. The van der Waals surface area contributed by atoms with E-state index in [0.29, 0.717) is 29.3 Å². The normalized spacial score (nSPS) is 16.8. The number of amides is 10. The summed E-state index contributed by atoms with van der Waals surface area (Å²) in [5, 5.41) is 60.4. The van der Waals surface area contributed by atoms with Crippen LogP contribution in [0.2, 0.25) is 0 Å². The number of nitrogens with zero attached hydrogens (tertiary/aromatic N) is 2. The first-order chi connectivity index (χ1) is 41.1. The Hall–Kier alpha value is -8.45. The number of hydrogen-bond donors (Lipinski definition) is 17. The van der Waals surface area contributed by atoms with Crippen molar-refractivity contribution in [2.24, 2.45) is 45.7 Å². The zero-order valence-corrected chi connectivity index (χ0v) is 50.1. The third-order valence-corrected chi connectivity index (χ3v) is 15.0. The highest BCUT2D eigenvalue weighted by atomic mass is 16.4. The molecule has 0 radical (unpaired) electrons. The van der Waals surface area contributed by atoms with Gasteiger partial charge in [0.05, 0.1) is 13.2 Å². The maximum absolute atomic E-state index is 14.5. The average molecular weight is 1230 g/mol. The number of nitrogens with one attached hydrogen (secondary N) is 9. The number of aliphatic carboxylic acids is 2. The lowest BCUT2D eigenvalue weighted by Gasteiger charge is -2.32. The van der Waals surface area contributed by atoms with Crippen LogP contribution in [0.15, 0.2) is 35.5 Å². The standard InChI is InChI=1S/C56H89N15O16/c1-7-29(5)44(53(84)65-37(55(86)87)17-19-42(58)74)69-48(79)35(15-11-21-61-56(59)60)63-47(78)36(18-20-43(75)76)64-49(80)38(23-28(3)4)66-51(82)40(27-73)68-50(81)39(24-31-25-62-34-14-10-9-13-32(31)34)67-52(83)41-16-12-22-71(41)54(85)45(30(6)8-2)70-46(77)33(57)26-72/h9-10,13-14,25,28-30,33,35-41,44-45,62,72-73H,7-8,11-12,15-24,26-27,57H2,1-6H3,(H2,58,74)(H,63,78)(H,64,80)(H,65,84)(H,66,82)(H,67,83)(H,68,81)(H,69,79)(H,70,77)(H,75,76)(H,86,87)(H4,59,60,61)/t29-,30-,33-,35-,36-,37-,38-,39-,40-,41-,44-,45-/m0/s1. The van der Waals surface area contributed by atoms with Gasteiger partial charge in [-0.05, 0) is 74.3 Å². The predicted molar refractivity (Wildman–Crippen MR) is 316 cm³/mol. The summed E-state index contributed by atoms with van der Waals surface area (Å²) >= 11 is 0. The van der Waals surface area contributed by atoms with Crippen molar-refractivity contribution in [2.75, 3.05) is 26.3 Å². The van der Waals surface area contributed by atoms with E-state index in [4.69, 9.17) is 22.9 Å². The van der Waals surface area contributed by atoms with Crippen LogP contribution < -0.4 is 65.5 Å². The molecule has 1 aromatic carbocycles. The molecule has 12 atom stereocenters. The Morgan fingerprint density at radius 2 is 1.18 bits per heavy atom. The first kappa shape index (κ1) is 72.8. The number of benzene rings is 1. The summed E-state index contributed by atoms with van der Waals surface area (Å²) in [6.45, 7) is 8.55. The Morgan fingerprint density at radius 1 is 0.644 bits per heavy atom. The molecule has 2 heterocycles. The number of rotatable bonds is 38. The van der Waals surface area contributed by atoms with Crippen LogP contribution >= 0.6 is 0 Å². The number of aliphatic hydroxyl groups is 2. The third-order valence-electron chi connectivity index (χ3n) is 15.0. The molecule has 1 aliphatic rings. The SMILES string of the molecule is CC[C@H](C)[C@H](NC(=O)[C@H](CCCN=C(N)N)NC(=O)[C@H](CCC(=O)O)NC(=O)[C@H](CC(C)C)NC(=O)[C@H](CO)NC(=O)[C@H](Cc1c[nH]c2ccccc12)NC(=O)[C@@H]1CCCN1C(=O)[C@@H](NC(=O)[C@@H](N)CO)[C@@H](C)CC)C(=O)N[C@@H](CCC(N)=O)C(=O)O. The van der Waals surface area contributed by atoms with Crippen molar-refractivity contribution in [3.8, 4) is 0 Å². The second kappa shape index (κ2) is 35.9. The van der Waals surface area contributed by atoms with Gasteiger partial charge < -0.3 is 95.8 Å². The lowest BCUT2D eigenvalue weighted by Crippen LogP contribution is -2.61. The number of aliphatic hydroxyl groups excluding tert-OH is 2. The number of aliphatic imine (C=N–C) groups is 1. The monoisotopic (exact) mass is 1230 g/mol. The van der Waals surface area contributed by atoms with E-state index >= 15 is 0 Å². The molecule has 1 aromatic heterocycles. The molecule has 0 saturated carbocycles. The Bertz CT molecular complexity index is 2750. The van der Waals surface area contributed by atoms with Gasteiger partial charge in [-0.25, -0.2) is 4.79 Å². The van der Waals surface area contributed by atoms with Crippen molar-refractivity contribution in [1.82, 2.24) is 52.4 Å². The van der Waals surface area contributed by atoms with E-state index in [1.807, 2.05) is 0 Å². The highest BCUT2D eigenvalue weighted by Gasteiger charge is 2.42. The van der Waals surface area contributed by atoms with Gasteiger partial charge in [-0.3, -0.25) is 57.7 Å². The van der Waals surface area contributed by atoms with Crippen molar-refractivity contribution in [3.05, 3.63) is 36.0 Å². The van der Waals surface area contributed by atoms with Crippen LogP contribution in [0, 0.1) is 17.8 Å². The van der Waals surface area contributed by atoms with Crippen LogP contribution in [0.4, 0.5) is 0 Å². The molecule has 31 nitrogen and oxygen atoms in total. The molecule has 10 amide bonds. The minimum Gasteiger partial charge on any atom is -0.481 e. The van der Waals surface area contributed by atoms with Gasteiger partial charge in [0.25, 0.3) is 0 Å². The Kier molecular flexibility index (Phi) is 30.0. The van der Waals surface area contributed by atoms with Crippen molar-refractivity contribution in [3.63, 3.8) is 0 Å². The van der Waals surface area contributed by atoms with Gasteiger partial charge in [0.1, 0.15) is 60.4 Å². The number of H-pyrrole nitrogens is 1. The Morgan fingerprint density at radius 3 is 1.77 bits per heavy atom. The number of fused-ring (bicyclic) bond motifs is 1. The molecule has 0 spiro atoms. The number of carbonyl (C=O) groups is 12. The zero-order valence-electron chi connectivity index (χ0n) is 50.1. The molecule has 484 valence electrons. The summed E-state index contributed by atoms with van der Waals surface area (Å²) in [7, 11) is 0. The maximum atomic E-state index is 14.5. The van der Waals surface area contributed by atoms with Crippen LogP contribution in [0.25, 0.3) is 10.9 Å². The summed E-state index contributed by atoms with van der Waals surface area (Å²) in [5.74, 6) is -13.5. The zero-order chi connectivity index (χ0) is 65.2. The molecule has 3 rings (SSSR count). The topological polar surface area (TPSA) is 517 Å². The van der Waals surface area contributed by atoms with E-state index < -0.39 is 169 Å². The quantitative estimate of drug-likeness (QED) is 0.0175. The van der Waals surface area contributed by atoms with E-state index in [2.05, 4.69) is 52.5 Å². The van der Waals surface area contributed by atoms with E-state index in [9.17, 15) is 78.0 Å². The lowest BCUT2D eigenvalue weighted by molar-refractivity contribution is -0.143.